The smallest absolute Gasteiger partial charge is 0.349 e. The van der Waals surface area contributed by atoms with Crippen molar-refractivity contribution in [2.75, 3.05) is 5.32 Å². The van der Waals surface area contributed by atoms with Gasteiger partial charge in [0.25, 0.3) is 5.91 Å². The molecule has 0 aliphatic heterocycles. The lowest BCUT2D eigenvalue weighted by Crippen LogP contribution is -2.30. The van der Waals surface area contributed by atoms with Gasteiger partial charge in [0.1, 0.15) is 4.88 Å². The molecular formula is C16H17NO3S. The normalized spacial score (nSPS) is 11.8. The van der Waals surface area contributed by atoms with E-state index >= 15 is 0 Å². The van der Waals surface area contributed by atoms with Crippen molar-refractivity contribution < 1.29 is 14.3 Å². The summed E-state index contributed by atoms with van der Waals surface area (Å²) in [5.41, 5.74) is 2.83. The van der Waals surface area contributed by atoms with Gasteiger partial charge in [-0.1, -0.05) is 23.8 Å². The van der Waals surface area contributed by atoms with Gasteiger partial charge in [-0.25, -0.2) is 4.79 Å². The van der Waals surface area contributed by atoms with Crippen LogP contribution in [-0.2, 0) is 9.53 Å². The van der Waals surface area contributed by atoms with E-state index < -0.39 is 12.1 Å². The molecule has 2 aromatic rings. The second-order valence-corrected chi connectivity index (χ2v) is 5.78. The summed E-state index contributed by atoms with van der Waals surface area (Å²) < 4.78 is 5.15. The lowest BCUT2D eigenvalue weighted by Gasteiger charge is -2.14. The van der Waals surface area contributed by atoms with Crippen molar-refractivity contribution in [3.63, 3.8) is 0 Å². The van der Waals surface area contributed by atoms with Gasteiger partial charge < -0.3 is 10.1 Å². The molecular weight excluding hydrogens is 286 g/mol. The first kappa shape index (κ1) is 15.3. The highest BCUT2D eigenvalue weighted by molar-refractivity contribution is 7.11. The fraction of sp³-hybridized carbons (Fsp3) is 0.250. The number of esters is 1. The first-order valence-corrected chi connectivity index (χ1v) is 7.48. The Bertz CT molecular complexity index is 650. The van der Waals surface area contributed by atoms with Crippen LogP contribution < -0.4 is 5.32 Å². The predicted octanol–water partition coefficient (Wildman–Crippen LogP) is 3.55. The Kier molecular flexibility index (Phi) is 4.75. The summed E-state index contributed by atoms with van der Waals surface area (Å²) >= 11 is 1.29. The van der Waals surface area contributed by atoms with Gasteiger partial charge in [0.2, 0.25) is 0 Å². The minimum Gasteiger partial charge on any atom is -0.448 e. The topological polar surface area (TPSA) is 55.4 Å². The number of thiophene rings is 1. The fourth-order valence-corrected chi connectivity index (χ4v) is 2.46. The van der Waals surface area contributed by atoms with Crippen LogP contribution in [0.3, 0.4) is 0 Å². The van der Waals surface area contributed by atoms with Crippen LogP contribution in [0, 0.1) is 13.8 Å². The number of aryl methyl sites for hydroxylation is 2. The van der Waals surface area contributed by atoms with Crippen molar-refractivity contribution in [2.45, 2.75) is 26.9 Å². The summed E-state index contributed by atoms with van der Waals surface area (Å²) in [7, 11) is 0. The Morgan fingerprint density at radius 1 is 1.24 bits per heavy atom. The van der Waals surface area contributed by atoms with Gasteiger partial charge in [-0.2, -0.15) is 0 Å². The zero-order valence-electron chi connectivity index (χ0n) is 12.2. The lowest BCUT2D eigenvalue weighted by molar-refractivity contribution is -0.123. The molecule has 21 heavy (non-hydrogen) atoms. The molecule has 0 radical (unpaired) electrons. The van der Waals surface area contributed by atoms with E-state index in [9.17, 15) is 9.59 Å². The zero-order chi connectivity index (χ0) is 15.4. The highest BCUT2D eigenvalue weighted by atomic mass is 32.1. The maximum Gasteiger partial charge on any atom is 0.349 e. The largest absolute Gasteiger partial charge is 0.448 e. The minimum absolute atomic E-state index is 0.341. The van der Waals surface area contributed by atoms with Crippen LogP contribution in [-0.4, -0.2) is 18.0 Å². The summed E-state index contributed by atoms with van der Waals surface area (Å²) in [6.45, 7) is 5.47. The summed E-state index contributed by atoms with van der Waals surface area (Å²) in [6, 6.07) is 9.18. The van der Waals surface area contributed by atoms with Gasteiger partial charge >= 0.3 is 5.97 Å². The Balaban J connectivity index is 1.98. The maximum absolute atomic E-state index is 12.1. The summed E-state index contributed by atoms with van der Waals surface area (Å²) in [6.07, 6.45) is -0.847. The number of anilines is 1. The molecule has 0 saturated heterocycles. The standard InChI is InChI=1S/C16H17NO3S/c1-10-6-7-13(11(2)9-10)17-15(18)12(3)20-16(19)14-5-4-8-21-14/h4-9,12H,1-3H3,(H,17,18). The van der Waals surface area contributed by atoms with E-state index in [0.29, 0.717) is 4.88 Å². The quantitative estimate of drug-likeness (QED) is 0.879. The van der Waals surface area contributed by atoms with Crippen molar-refractivity contribution in [3.05, 3.63) is 51.7 Å². The monoisotopic (exact) mass is 303 g/mol. The van der Waals surface area contributed by atoms with Crippen LogP contribution >= 0.6 is 11.3 Å². The number of hydrogen-bond donors (Lipinski definition) is 1. The van der Waals surface area contributed by atoms with E-state index in [1.807, 2.05) is 32.0 Å². The number of amides is 1. The van der Waals surface area contributed by atoms with Crippen molar-refractivity contribution in [1.29, 1.82) is 0 Å². The molecule has 2 rings (SSSR count). The molecule has 110 valence electrons. The molecule has 4 nitrogen and oxygen atoms in total. The van der Waals surface area contributed by atoms with E-state index in [-0.39, 0.29) is 5.91 Å². The second-order valence-electron chi connectivity index (χ2n) is 4.83. The molecule has 0 bridgehead atoms. The molecule has 0 fully saturated rings. The molecule has 0 saturated carbocycles. The summed E-state index contributed by atoms with van der Waals surface area (Å²) in [4.78, 5) is 24.3. The highest BCUT2D eigenvalue weighted by Crippen LogP contribution is 2.17. The second kappa shape index (κ2) is 6.54. The Hall–Kier alpha value is -2.14. The molecule has 1 amide bonds. The van der Waals surface area contributed by atoms with Crippen molar-refractivity contribution in [1.82, 2.24) is 0 Å². The van der Waals surface area contributed by atoms with Crippen LogP contribution in [0.15, 0.2) is 35.7 Å². The number of benzene rings is 1. The Morgan fingerprint density at radius 3 is 2.62 bits per heavy atom. The van der Waals surface area contributed by atoms with Crippen LogP contribution in [0.1, 0.15) is 27.7 Å². The third kappa shape index (κ3) is 3.92. The average Bonchev–Trinajstić information content (AvgIpc) is 2.95. The highest BCUT2D eigenvalue weighted by Gasteiger charge is 2.19. The number of rotatable bonds is 4. The van der Waals surface area contributed by atoms with E-state index in [1.165, 1.54) is 11.3 Å². The van der Waals surface area contributed by atoms with Gasteiger partial charge in [0, 0.05) is 5.69 Å². The molecule has 1 aromatic heterocycles. The zero-order valence-corrected chi connectivity index (χ0v) is 13.0. The van der Waals surface area contributed by atoms with Gasteiger partial charge in [0.05, 0.1) is 0 Å². The van der Waals surface area contributed by atoms with Crippen LogP contribution in [0.25, 0.3) is 0 Å². The third-order valence-corrected chi connectivity index (χ3v) is 3.87. The van der Waals surface area contributed by atoms with E-state index in [4.69, 9.17) is 4.74 Å². The Labute approximate surface area is 127 Å². The first-order valence-electron chi connectivity index (χ1n) is 6.60. The van der Waals surface area contributed by atoms with Crippen LogP contribution in [0.5, 0.6) is 0 Å². The van der Waals surface area contributed by atoms with Crippen molar-refractivity contribution in [3.8, 4) is 0 Å². The fourth-order valence-electron chi connectivity index (χ4n) is 1.86. The van der Waals surface area contributed by atoms with Gasteiger partial charge in [-0.05, 0) is 43.8 Å². The molecule has 1 aromatic carbocycles. The van der Waals surface area contributed by atoms with Gasteiger partial charge in [-0.3, -0.25) is 4.79 Å². The molecule has 0 spiro atoms. The molecule has 1 atom stereocenters. The van der Waals surface area contributed by atoms with Crippen molar-refractivity contribution >= 4 is 28.9 Å². The Morgan fingerprint density at radius 2 is 2.00 bits per heavy atom. The van der Waals surface area contributed by atoms with Crippen molar-refractivity contribution in [2.24, 2.45) is 0 Å². The van der Waals surface area contributed by atoms with Gasteiger partial charge in [-0.15, -0.1) is 11.3 Å². The SMILES string of the molecule is Cc1ccc(NC(=O)C(C)OC(=O)c2cccs2)c(C)c1. The predicted molar refractivity (Wildman–Crippen MR) is 83.7 cm³/mol. The molecule has 1 heterocycles. The molecule has 0 aliphatic carbocycles. The van der Waals surface area contributed by atoms with Crippen LogP contribution in [0.4, 0.5) is 5.69 Å². The number of carbonyl (C=O) groups excluding carboxylic acids is 2. The number of ether oxygens (including phenoxy) is 1. The van der Waals surface area contributed by atoms with Crippen LogP contribution in [0.2, 0.25) is 0 Å². The third-order valence-electron chi connectivity index (χ3n) is 3.02. The summed E-state index contributed by atoms with van der Waals surface area (Å²) in [5.74, 6) is -0.819. The summed E-state index contributed by atoms with van der Waals surface area (Å²) in [5, 5.41) is 4.56. The maximum atomic E-state index is 12.1. The number of carbonyl (C=O) groups is 2. The molecule has 0 aliphatic rings. The van der Waals surface area contributed by atoms with E-state index in [1.54, 1.807) is 24.4 Å². The number of hydrogen-bond acceptors (Lipinski definition) is 4. The molecule has 1 N–H and O–H groups in total. The minimum atomic E-state index is -0.847. The lowest BCUT2D eigenvalue weighted by atomic mass is 10.1. The van der Waals surface area contributed by atoms with Gasteiger partial charge in [0.15, 0.2) is 6.10 Å². The van der Waals surface area contributed by atoms with E-state index in [2.05, 4.69) is 5.32 Å². The number of nitrogens with one attached hydrogen (secondary N) is 1. The molecule has 5 heteroatoms. The molecule has 1 unspecified atom stereocenters. The van der Waals surface area contributed by atoms with E-state index in [0.717, 1.165) is 16.8 Å². The average molecular weight is 303 g/mol. The first-order chi connectivity index (χ1) is 9.97.